The van der Waals surface area contributed by atoms with Gasteiger partial charge in [-0.05, 0) is 43.9 Å². The van der Waals surface area contributed by atoms with Gasteiger partial charge in [-0.1, -0.05) is 30.7 Å². The van der Waals surface area contributed by atoms with Gasteiger partial charge in [0.05, 0.1) is 12.5 Å². The zero-order valence-electron chi connectivity index (χ0n) is 16.3. The number of rotatable bonds is 5. The number of nitrogens with zero attached hydrogens (tertiary/aromatic N) is 2. The molecule has 0 spiro atoms. The molecular formula is C21H29F3N4. The van der Waals surface area contributed by atoms with Gasteiger partial charge < -0.3 is 15.5 Å². The highest BCUT2D eigenvalue weighted by molar-refractivity contribution is 5.80. The van der Waals surface area contributed by atoms with Gasteiger partial charge in [-0.25, -0.2) is 4.99 Å². The van der Waals surface area contributed by atoms with E-state index in [0.717, 1.165) is 30.8 Å². The SMILES string of the molecule is CCNC(=NCc1cccc(N2CC=CC2)c1)NC1CCCC(C(F)(F)F)C1. The molecule has 2 aliphatic rings. The van der Waals surface area contributed by atoms with Crippen LogP contribution in [0.3, 0.4) is 0 Å². The molecular weight excluding hydrogens is 365 g/mol. The summed E-state index contributed by atoms with van der Waals surface area (Å²) in [6.07, 6.45) is 1.87. The molecule has 1 aliphatic carbocycles. The molecule has 7 heteroatoms. The number of hydrogen-bond acceptors (Lipinski definition) is 2. The van der Waals surface area contributed by atoms with E-state index in [-0.39, 0.29) is 18.9 Å². The summed E-state index contributed by atoms with van der Waals surface area (Å²) in [7, 11) is 0. The lowest BCUT2D eigenvalue weighted by atomic mass is 9.85. The lowest BCUT2D eigenvalue weighted by molar-refractivity contribution is -0.183. The molecule has 1 fully saturated rings. The summed E-state index contributed by atoms with van der Waals surface area (Å²) in [5.74, 6) is -0.629. The van der Waals surface area contributed by atoms with Crippen LogP contribution in [0.1, 0.15) is 38.2 Å². The fraction of sp³-hybridized carbons (Fsp3) is 0.571. The fourth-order valence-electron chi connectivity index (χ4n) is 3.84. The third kappa shape index (κ3) is 5.66. The molecule has 0 amide bonds. The van der Waals surface area contributed by atoms with Crippen molar-refractivity contribution in [3.63, 3.8) is 0 Å². The highest BCUT2D eigenvalue weighted by Gasteiger charge is 2.42. The Hall–Kier alpha value is -2.18. The quantitative estimate of drug-likeness (QED) is 0.446. The second kappa shape index (κ2) is 9.34. The maximum Gasteiger partial charge on any atom is 0.391 e. The Balaban J connectivity index is 1.62. The van der Waals surface area contributed by atoms with Crippen LogP contribution in [0.5, 0.6) is 0 Å². The van der Waals surface area contributed by atoms with Crippen molar-refractivity contribution in [3.05, 3.63) is 42.0 Å². The summed E-state index contributed by atoms with van der Waals surface area (Å²) < 4.78 is 39.2. The minimum absolute atomic E-state index is 0.116. The molecule has 0 aromatic heterocycles. The number of anilines is 1. The Morgan fingerprint density at radius 1 is 1.21 bits per heavy atom. The number of guanidine groups is 1. The first kappa shape index (κ1) is 20.6. The summed E-state index contributed by atoms with van der Waals surface area (Å²) in [5.41, 5.74) is 2.24. The smallest absolute Gasteiger partial charge is 0.364 e. The minimum atomic E-state index is -4.11. The van der Waals surface area contributed by atoms with Crippen LogP contribution in [-0.4, -0.2) is 37.8 Å². The van der Waals surface area contributed by atoms with E-state index in [4.69, 9.17) is 0 Å². The summed E-state index contributed by atoms with van der Waals surface area (Å²) in [4.78, 5) is 6.89. The normalized spacial score (nSPS) is 23.1. The van der Waals surface area contributed by atoms with Crippen molar-refractivity contribution < 1.29 is 13.2 Å². The third-order valence-electron chi connectivity index (χ3n) is 5.34. The van der Waals surface area contributed by atoms with E-state index in [0.29, 0.717) is 25.5 Å². The largest absolute Gasteiger partial charge is 0.391 e. The number of alkyl halides is 3. The summed E-state index contributed by atoms with van der Waals surface area (Å²) in [5, 5.41) is 6.38. The maximum absolute atomic E-state index is 13.1. The Bertz CT molecular complexity index is 691. The predicted molar refractivity (Wildman–Crippen MR) is 108 cm³/mol. The molecule has 28 heavy (non-hydrogen) atoms. The lowest BCUT2D eigenvalue weighted by Crippen LogP contribution is -2.46. The number of hydrogen-bond donors (Lipinski definition) is 2. The zero-order valence-corrected chi connectivity index (χ0v) is 16.3. The molecule has 1 heterocycles. The van der Waals surface area contributed by atoms with Crippen molar-refractivity contribution in [3.8, 4) is 0 Å². The van der Waals surface area contributed by atoms with Crippen molar-refractivity contribution in [2.75, 3.05) is 24.5 Å². The second-order valence-corrected chi connectivity index (χ2v) is 7.49. The molecule has 1 saturated carbocycles. The molecule has 2 N–H and O–H groups in total. The molecule has 1 aliphatic heterocycles. The van der Waals surface area contributed by atoms with Gasteiger partial charge in [-0.15, -0.1) is 0 Å². The molecule has 0 saturated heterocycles. The molecule has 3 rings (SSSR count). The highest BCUT2D eigenvalue weighted by atomic mass is 19.4. The second-order valence-electron chi connectivity index (χ2n) is 7.49. The highest BCUT2D eigenvalue weighted by Crippen LogP contribution is 2.37. The van der Waals surface area contributed by atoms with E-state index in [1.54, 1.807) is 0 Å². The zero-order chi connectivity index (χ0) is 20.0. The van der Waals surface area contributed by atoms with Crippen molar-refractivity contribution in [1.29, 1.82) is 0 Å². The van der Waals surface area contributed by atoms with Crippen molar-refractivity contribution in [1.82, 2.24) is 10.6 Å². The molecule has 4 nitrogen and oxygen atoms in total. The number of nitrogens with one attached hydrogen (secondary N) is 2. The average Bonchev–Trinajstić information content (AvgIpc) is 3.21. The van der Waals surface area contributed by atoms with E-state index in [1.165, 1.54) is 0 Å². The van der Waals surface area contributed by atoms with Gasteiger partial charge in [-0.3, -0.25) is 0 Å². The van der Waals surface area contributed by atoms with Crippen molar-refractivity contribution in [2.45, 2.75) is 51.4 Å². The van der Waals surface area contributed by atoms with E-state index in [9.17, 15) is 13.2 Å². The maximum atomic E-state index is 13.1. The van der Waals surface area contributed by atoms with E-state index in [1.807, 2.05) is 19.1 Å². The molecule has 1 aromatic carbocycles. The van der Waals surface area contributed by atoms with Gasteiger partial charge in [0.1, 0.15) is 0 Å². The van der Waals surface area contributed by atoms with Crippen LogP contribution in [0.4, 0.5) is 18.9 Å². The lowest BCUT2D eigenvalue weighted by Gasteiger charge is -2.32. The van der Waals surface area contributed by atoms with Crippen LogP contribution in [0, 0.1) is 5.92 Å². The molecule has 0 bridgehead atoms. The topological polar surface area (TPSA) is 39.7 Å². The van der Waals surface area contributed by atoms with E-state index >= 15 is 0 Å². The van der Waals surface area contributed by atoms with Gasteiger partial charge in [0.15, 0.2) is 5.96 Å². The van der Waals surface area contributed by atoms with Gasteiger partial charge >= 0.3 is 6.18 Å². The van der Waals surface area contributed by atoms with Gasteiger partial charge in [0.25, 0.3) is 0 Å². The summed E-state index contributed by atoms with van der Waals surface area (Å²) in [6.45, 7) is 4.94. The van der Waals surface area contributed by atoms with Crippen molar-refractivity contribution >= 4 is 11.6 Å². The Morgan fingerprint density at radius 3 is 2.71 bits per heavy atom. The molecule has 2 unspecified atom stereocenters. The Morgan fingerprint density at radius 2 is 2.00 bits per heavy atom. The monoisotopic (exact) mass is 394 g/mol. The van der Waals surface area contributed by atoms with E-state index < -0.39 is 12.1 Å². The molecule has 2 atom stereocenters. The summed E-state index contributed by atoms with van der Waals surface area (Å²) in [6, 6.07) is 8.07. The van der Waals surface area contributed by atoms with Crippen LogP contribution in [-0.2, 0) is 6.54 Å². The predicted octanol–water partition coefficient (Wildman–Crippen LogP) is 4.24. The number of halogens is 3. The van der Waals surface area contributed by atoms with Crippen LogP contribution in [0.2, 0.25) is 0 Å². The molecule has 0 radical (unpaired) electrons. The molecule has 1 aromatic rings. The third-order valence-corrected chi connectivity index (χ3v) is 5.34. The van der Waals surface area contributed by atoms with Crippen LogP contribution in [0.15, 0.2) is 41.4 Å². The van der Waals surface area contributed by atoms with Crippen LogP contribution >= 0.6 is 0 Å². The standard InChI is InChI=1S/C21H29F3N4/c1-2-25-20(27-18-9-6-8-17(14-18)21(22,23)24)26-15-16-7-5-10-19(13-16)28-11-3-4-12-28/h3-5,7,10,13,17-18H,2,6,8-9,11-12,14-15H2,1H3,(H2,25,26,27). The molecule has 154 valence electrons. The van der Waals surface area contributed by atoms with E-state index in [2.05, 4.69) is 44.8 Å². The van der Waals surface area contributed by atoms with Gasteiger partial charge in [0, 0.05) is 31.4 Å². The van der Waals surface area contributed by atoms with Crippen LogP contribution < -0.4 is 15.5 Å². The number of aliphatic imine (C=N–C) groups is 1. The first-order chi connectivity index (χ1) is 13.5. The summed E-state index contributed by atoms with van der Waals surface area (Å²) >= 11 is 0. The fourth-order valence-corrected chi connectivity index (χ4v) is 3.84. The Labute approximate surface area is 164 Å². The first-order valence-electron chi connectivity index (χ1n) is 10.1. The minimum Gasteiger partial charge on any atom is -0.364 e. The average molecular weight is 394 g/mol. The van der Waals surface area contributed by atoms with Crippen LogP contribution in [0.25, 0.3) is 0 Å². The first-order valence-corrected chi connectivity index (χ1v) is 10.1. The van der Waals surface area contributed by atoms with Gasteiger partial charge in [0.2, 0.25) is 0 Å². The van der Waals surface area contributed by atoms with Crippen molar-refractivity contribution in [2.24, 2.45) is 10.9 Å². The Kier molecular flexibility index (Phi) is 6.86. The number of benzene rings is 1. The van der Waals surface area contributed by atoms with Gasteiger partial charge in [-0.2, -0.15) is 13.2 Å².